The largest absolute Gasteiger partial charge is 0.318 e. The van der Waals surface area contributed by atoms with Crippen molar-refractivity contribution in [2.45, 2.75) is 19.9 Å². The van der Waals surface area contributed by atoms with Gasteiger partial charge in [-0.25, -0.2) is 0 Å². The summed E-state index contributed by atoms with van der Waals surface area (Å²) >= 11 is 0. The predicted octanol–water partition coefficient (Wildman–Crippen LogP) is 0.372. The average Bonchev–Trinajstić information content (AvgIpc) is 2.15. The Balaban J connectivity index is 2.30. The molecule has 4 heteroatoms. The number of hydrogen-bond donors (Lipinski definition) is 1. The molecular weight excluding hydrogens is 178 g/mol. The van der Waals surface area contributed by atoms with Gasteiger partial charge in [-0.05, 0) is 26.0 Å². The summed E-state index contributed by atoms with van der Waals surface area (Å²) in [5.74, 6) is -0.0150. The Morgan fingerprint density at radius 1 is 1.50 bits per heavy atom. The number of amides is 1. The smallest absolute Gasteiger partial charge is 0.245 e. The first-order valence-corrected chi connectivity index (χ1v) is 4.61. The van der Waals surface area contributed by atoms with E-state index in [0.717, 1.165) is 17.1 Å². The highest BCUT2D eigenvalue weighted by atomic mass is 16.2. The van der Waals surface area contributed by atoms with Gasteiger partial charge in [-0.3, -0.25) is 9.78 Å². The Morgan fingerprint density at radius 3 is 2.71 bits per heavy atom. The highest BCUT2D eigenvalue weighted by Crippen LogP contribution is 2.23. The van der Waals surface area contributed by atoms with Crippen LogP contribution in [0.25, 0.3) is 0 Å². The van der Waals surface area contributed by atoms with Crippen LogP contribution in [0.5, 0.6) is 0 Å². The van der Waals surface area contributed by atoms with Gasteiger partial charge in [0.15, 0.2) is 0 Å². The fourth-order valence-electron chi connectivity index (χ4n) is 1.63. The van der Waals surface area contributed by atoms with E-state index in [9.17, 15) is 4.79 Å². The lowest BCUT2D eigenvalue weighted by molar-refractivity contribution is -0.123. The topological polar surface area (TPSA) is 59.2 Å². The molecule has 0 saturated carbocycles. The van der Waals surface area contributed by atoms with Gasteiger partial charge in [-0.15, -0.1) is 0 Å². The Labute approximate surface area is 82.7 Å². The van der Waals surface area contributed by atoms with Gasteiger partial charge in [-0.1, -0.05) is 0 Å². The minimum atomic E-state index is -0.323. The van der Waals surface area contributed by atoms with Crippen molar-refractivity contribution >= 4 is 11.6 Å². The molecule has 1 aromatic heterocycles. The molecule has 2 rings (SSSR count). The van der Waals surface area contributed by atoms with Gasteiger partial charge in [0.25, 0.3) is 0 Å². The van der Waals surface area contributed by atoms with Gasteiger partial charge >= 0.3 is 0 Å². The van der Waals surface area contributed by atoms with Crippen LogP contribution < -0.4 is 10.6 Å². The van der Waals surface area contributed by atoms with Crippen molar-refractivity contribution in [1.82, 2.24) is 4.98 Å². The molecule has 1 saturated heterocycles. The van der Waals surface area contributed by atoms with Gasteiger partial charge in [0, 0.05) is 5.69 Å². The van der Waals surface area contributed by atoms with Crippen molar-refractivity contribution in [1.29, 1.82) is 0 Å². The van der Waals surface area contributed by atoms with Gasteiger partial charge < -0.3 is 10.6 Å². The number of rotatable bonds is 1. The molecule has 1 aliphatic rings. The first-order valence-electron chi connectivity index (χ1n) is 4.61. The van der Waals surface area contributed by atoms with Crippen molar-refractivity contribution < 1.29 is 4.79 Å². The number of anilines is 1. The lowest BCUT2D eigenvalue weighted by Gasteiger charge is -2.36. The molecular formula is C10H13N3O. The summed E-state index contributed by atoms with van der Waals surface area (Å²) in [6.07, 6.45) is 0. The van der Waals surface area contributed by atoms with Crippen LogP contribution in [0.1, 0.15) is 11.4 Å². The molecule has 2 N–H and O–H groups in total. The zero-order chi connectivity index (χ0) is 10.3. The van der Waals surface area contributed by atoms with Crippen molar-refractivity contribution in [3.8, 4) is 0 Å². The normalized spacial score (nSPS) is 20.9. The Bertz CT molecular complexity index is 389. The molecule has 0 radical (unpaired) electrons. The number of carbonyl (C=O) groups is 1. The van der Waals surface area contributed by atoms with Crippen LogP contribution in [-0.2, 0) is 4.79 Å². The number of β-lactam (4-membered cyclic amide) rings is 1. The second-order valence-electron chi connectivity index (χ2n) is 3.61. The highest BCUT2D eigenvalue weighted by molar-refractivity contribution is 6.04. The van der Waals surface area contributed by atoms with Gasteiger partial charge in [-0.2, -0.15) is 0 Å². The minimum Gasteiger partial charge on any atom is -0.318 e. The summed E-state index contributed by atoms with van der Waals surface area (Å²) in [6, 6.07) is 3.50. The van der Waals surface area contributed by atoms with Crippen LogP contribution in [0.15, 0.2) is 12.1 Å². The molecule has 2 heterocycles. The maximum Gasteiger partial charge on any atom is 0.245 e. The molecule has 1 amide bonds. The minimum absolute atomic E-state index is 0.0150. The first-order chi connectivity index (χ1) is 6.59. The summed E-state index contributed by atoms with van der Waals surface area (Å²) in [4.78, 5) is 17.3. The van der Waals surface area contributed by atoms with E-state index in [4.69, 9.17) is 5.73 Å². The Hall–Kier alpha value is -1.42. The molecule has 14 heavy (non-hydrogen) atoms. The number of hydrogen-bond acceptors (Lipinski definition) is 3. The highest BCUT2D eigenvalue weighted by Gasteiger charge is 2.35. The summed E-state index contributed by atoms with van der Waals surface area (Å²) in [7, 11) is 0. The number of aryl methyl sites for hydroxylation is 2. The first kappa shape index (κ1) is 9.15. The Morgan fingerprint density at radius 2 is 2.21 bits per heavy atom. The molecule has 1 fully saturated rings. The quantitative estimate of drug-likeness (QED) is 0.652. The standard InChI is InChI=1S/C10H13N3O/c1-6-3-4-9(7(2)12-6)13-5-8(11)10(13)14/h3-4,8H,5,11H2,1-2H3. The summed E-state index contributed by atoms with van der Waals surface area (Å²) < 4.78 is 0. The van der Waals surface area contributed by atoms with Crippen LogP contribution in [0.3, 0.4) is 0 Å². The van der Waals surface area contributed by atoms with E-state index in [2.05, 4.69) is 4.98 Å². The van der Waals surface area contributed by atoms with E-state index in [1.165, 1.54) is 0 Å². The summed E-state index contributed by atoms with van der Waals surface area (Å²) in [5, 5.41) is 0. The van der Waals surface area contributed by atoms with Crippen LogP contribution in [-0.4, -0.2) is 23.5 Å². The lowest BCUT2D eigenvalue weighted by Crippen LogP contribution is -2.61. The van der Waals surface area contributed by atoms with Crippen LogP contribution in [0, 0.1) is 13.8 Å². The SMILES string of the molecule is Cc1ccc(N2CC(N)C2=O)c(C)n1. The van der Waals surface area contributed by atoms with E-state index in [-0.39, 0.29) is 11.9 Å². The van der Waals surface area contributed by atoms with E-state index < -0.39 is 0 Å². The number of carbonyl (C=O) groups excluding carboxylic acids is 1. The molecule has 1 atom stereocenters. The zero-order valence-corrected chi connectivity index (χ0v) is 8.32. The molecule has 1 aromatic rings. The molecule has 1 aliphatic heterocycles. The fraction of sp³-hybridized carbons (Fsp3) is 0.400. The molecule has 0 spiro atoms. The third kappa shape index (κ3) is 1.28. The zero-order valence-electron chi connectivity index (χ0n) is 8.32. The summed E-state index contributed by atoms with van der Waals surface area (Å²) in [6.45, 7) is 4.43. The molecule has 0 bridgehead atoms. The molecule has 0 aromatic carbocycles. The molecule has 4 nitrogen and oxygen atoms in total. The van der Waals surface area contributed by atoms with Crippen molar-refractivity contribution in [2.24, 2.45) is 5.73 Å². The van der Waals surface area contributed by atoms with Crippen LogP contribution >= 0.6 is 0 Å². The summed E-state index contributed by atoms with van der Waals surface area (Å²) in [5.41, 5.74) is 8.24. The third-order valence-corrected chi connectivity index (χ3v) is 2.45. The maximum absolute atomic E-state index is 11.4. The molecule has 74 valence electrons. The fourth-order valence-corrected chi connectivity index (χ4v) is 1.63. The third-order valence-electron chi connectivity index (χ3n) is 2.45. The van der Waals surface area contributed by atoms with Gasteiger partial charge in [0.2, 0.25) is 5.91 Å². The van der Waals surface area contributed by atoms with Gasteiger partial charge in [0.05, 0.1) is 17.9 Å². The molecule has 1 unspecified atom stereocenters. The Kier molecular flexibility index (Phi) is 2.00. The maximum atomic E-state index is 11.4. The van der Waals surface area contributed by atoms with E-state index >= 15 is 0 Å². The van der Waals surface area contributed by atoms with E-state index in [0.29, 0.717) is 6.54 Å². The van der Waals surface area contributed by atoms with Crippen LogP contribution in [0.4, 0.5) is 5.69 Å². The number of pyridine rings is 1. The monoisotopic (exact) mass is 191 g/mol. The second-order valence-corrected chi connectivity index (χ2v) is 3.61. The molecule has 0 aliphatic carbocycles. The van der Waals surface area contributed by atoms with Gasteiger partial charge in [0.1, 0.15) is 6.04 Å². The number of nitrogens with zero attached hydrogens (tertiary/aromatic N) is 2. The van der Waals surface area contributed by atoms with E-state index in [1.54, 1.807) is 4.90 Å². The average molecular weight is 191 g/mol. The van der Waals surface area contributed by atoms with Crippen LogP contribution in [0.2, 0.25) is 0 Å². The van der Waals surface area contributed by atoms with Crippen molar-refractivity contribution in [3.63, 3.8) is 0 Å². The van der Waals surface area contributed by atoms with E-state index in [1.807, 2.05) is 26.0 Å². The van der Waals surface area contributed by atoms with Crippen molar-refractivity contribution in [2.75, 3.05) is 11.4 Å². The predicted molar refractivity (Wildman–Crippen MR) is 54.0 cm³/mol. The number of aromatic nitrogens is 1. The van der Waals surface area contributed by atoms with Crippen molar-refractivity contribution in [3.05, 3.63) is 23.5 Å². The number of nitrogens with two attached hydrogens (primary N) is 1. The second kappa shape index (κ2) is 3.06. The lowest BCUT2D eigenvalue weighted by atomic mass is 10.1.